The van der Waals surface area contributed by atoms with Crippen LogP contribution in [0.4, 0.5) is 0 Å². The van der Waals surface area contributed by atoms with Gasteiger partial charge in [-0.15, -0.1) is 0 Å². The molecule has 4 heteroatoms. The molecule has 4 N–H and O–H groups in total. The Kier molecular flexibility index (Phi) is 2.38. The monoisotopic (exact) mass is 156 g/mol. The van der Waals surface area contributed by atoms with Crippen molar-refractivity contribution in [3.63, 3.8) is 0 Å². The highest BCUT2D eigenvalue weighted by Crippen LogP contribution is 2.08. The Labute approximate surface area is 65.2 Å². The quantitative estimate of drug-likeness (QED) is 0.530. The van der Waals surface area contributed by atoms with Gasteiger partial charge in [0.25, 0.3) is 0 Å². The summed E-state index contributed by atoms with van der Waals surface area (Å²) in [6.07, 6.45) is 3.16. The van der Waals surface area contributed by atoms with Crippen molar-refractivity contribution in [3.05, 3.63) is 23.8 Å². The first-order valence-corrected chi connectivity index (χ1v) is 3.47. The number of hydrogen-bond donors (Lipinski definition) is 3. The predicted molar refractivity (Wildman–Crippen MR) is 42.1 cm³/mol. The van der Waals surface area contributed by atoms with Gasteiger partial charge in [0.05, 0.1) is 6.54 Å². The Morgan fingerprint density at radius 3 is 2.82 bits per heavy atom. The van der Waals surface area contributed by atoms with Crippen LogP contribution in [0.25, 0.3) is 0 Å². The molecule has 62 valence electrons. The molecule has 0 bridgehead atoms. The van der Waals surface area contributed by atoms with Crippen molar-refractivity contribution in [3.8, 4) is 0 Å². The number of aliphatic hydroxyl groups is 2. The summed E-state index contributed by atoms with van der Waals surface area (Å²) in [5, 5.41) is 18.0. The lowest BCUT2D eigenvalue weighted by molar-refractivity contribution is 0.269. The standard InChI is InChI=1S/C7H12N2O2/c8-2-4-9-3-1-6(10)7(11)5-9/h1,3,10-11H,2,4-5,8H2. The number of aliphatic hydroxyl groups excluding tert-OH is 2. The number of nitrogens with zero attached hydrogens (tertiary/aromatic N) is 1. The Balaban J connectivity index is 2.52. The molecule has 1 aliphatic rings. The Bertz CT molecular complexity index is 199. The zero-order valence-electron chi connectivity index (χ0n) is 6.20. The van der Waals surface area contributed by atoms with Gasteiger partial charge in [-0.05, 0) is 6.08 Å². The van der Waals surface area contributed by atoms with Crippen molar-refractivity contribution in [1.82, 2.24) is 4.90 Å². The van der Waals surface area contributed by atoms with Gasteiger partial charge >= 0.3 is 0 Å². The highest BCUT2D eigenvalue weighted by atomic mass is 16.3. The first-order chi connectivity index (χ1) is 5.24. The van der Waals surface area contributed by atoms with Gasteiger partial charge < -0.3 is 20.8 Å². The van der Waals surface area contributed by atoms with Gasteiger partial charge in [0, 0.05) is 19.3 Å². The van der Waals surface area contributed by atoms with Crippen molar-refractivity contribution < 1.29 is 10.2 Å². The zero-order valence-corrected chi connectivity index (χ0v) is 6.20. The first-order valence-electron chi connectivity index (χ1n) is 3.47. The summed E-state index contributed by atoms with van der Waals surface area (Å²) in [5.74, 6) is -0.0563. The second kappa shape index (κ2) is 3.30. The van der Waals surface area contributed by atoms with E-state index in [0.717, 1.165) is 0 Å². The predicted octanol–water partition coefficient (Wildman–Crippen LogP) is 0.102. The van der Waals surface area contributed by atoms with Crippen LogP contribution in [0.2, 0.25) is 0 Å². The molecule has 0 saturated carbocycles. The summed E-state index contributed by atoms with van der Waals surface area (Å²) in [4.78, 5) is 1.83. The van der Waals surface area contributed by atoms with Gasteiger partial charge in [-0.2, -0.15) is 0 Å². The lowest BCUT2D eigenvalue weighted by Gasteiger charge is -2.21. The summed E-state index contributed by atoms with van der Waals surface area (Å²) in [6.45, 7) is 1.58. The smallest absolute Gasteiger partial charge is 0.156 e. The lowest BCUT2D eigenvalue weighted by atomic mass is 10.3. The average Bonchev–Trinajstić information content (AvgIpc) is 1.98. The van der Waals surface area contributed by atoms with E-state index in [1.807, 2.05) is 4.90 Å². The van der Waals surface area contributed by atoms with Crippen molar-refractivity contribution in [2.75, 3.05) is 19.6 Å². The van der Waals surface area contributed by atoms with Crippen LogP contribution in [-0.2, 0) is 0 Å². The highest BCUT2D eigenvalue weighted by Gasteiger charge is 2.10. The largest absolute Gasteiger partial charge is 0.507 e. The molecule has 1 aliphatic heterocycles. The Morgan fingerprint density at radius 2 is 2.27 bits per heavy atom. The van der Waals surface area contributed by atoms with Crippen LogP contribution in [0.3, 0.4) is 0 Å². The molecule has 0 atom stereocenters. The van der Waals surface area contributed by atoms with Crippen LogP contribution in [0, 0.1) is 0 Å². The van der Waals surface area contributed by atoms with Crippen LogP contribution in [0.1, 0.15) is 0 Å². The van der Waals surface area contributed by atoms with E-state index < -0.39 is 0 Å². The van der Waals surface area contributed by atoms with E-state index in [9.17, 15) is 0 Å². The van der Waals surface area contributed by atoms with Crippen LogP contribution in [0.15, 0.2) is 23.8 Å². The minimum absolute atomic E-state index is 0.000880. The van der Waals surface area contributed by atoms with Crippen LogP contribution in [-0.4, -0.2) is 34.7 Å². The second-order valence-corrected chi connectivity index (χ2v) is 2.41. The van der Waals surface area contributed by atoms with Crippen LogP contribution >= 0.6 is 0 Å². The van der Waals surface area contributed by atoms with E-state index >= 15 is 0 Å². The second-order valence-electron chi connectivity index (χ2n) is 2.41. The fourth-order valence-corrected chi connectivity index (χ4v) is 0.918. The summed E-state index contributed by atoms with van der Waals surface area (Å²) in [5.41, 5.74) is 5.30. The van der Waals surface area contributed by atoms with Crippen molar-refractivity contribution in [1.29, 1.82) is 0 Å². The molecule has 4 nitrogen and oxygen atoms in total. The molecule has 0 aromatic carbocycles. The Morgan fingerprint density at radius 1 is 1.55 bits per heavy atom. The van der Waals surface area contributed by atoms with Crippen molar-refractivity contribution >= 4 is 0 Å². The topological polar surface area (TPSA) is 69.7 Å². The van der Waals surface area contributed by atoms with Crippen molar-refractivity contribution in [2.24, 2.45) is 5.73 Å². The maximum absolute atomic E-state index is 9.07. The van der Waals surface area contributed by atoms with Crippen LogP contribution < -0.4 is 5.73 Å². The van der Waals surface area contributed by atoms with Gasteiger partial charge in [-0.25, -0.2) is 0 Å². The SMILES string of the molecule is NCCN1C=CC(O)=C(O)C1. The molecule has 0 unspecified atom stereocenters. The number of allylic oxidation sites excluding steroid dienone is 1. The molecule has 0 spiro atoms. The minimum atomic E-state index is -0.0572. The van der Waals surface area contributed by atoms with Gasteiger partial charge in [-0.1, -0.05) is 0 Å². The van der Waals surface area contributed by atoms with E-state index in [1.54, 1.807) is 6.20 Å². The molecular formula is C7H12N2O2. The summed E-state index contributed by atoms with van der Waals surface area (Å²) < 4.78 is 0. The third-order valence-corrected chi connectivity index (χ3v) is 1.51. The summed E-state index contributed by atoms with van der Waals surface area (Å²) in [6, 6.07) is 0. The van der Waals surface area contributed by atoms with Crippen LogP contribution in [0.5, 0.6) is 0 Å². The number of rotatable bonds is 2. The van der Waals surface area contributed by atoms with E-state index in [4.69, 9.17) is 15.9 Å². The molecule has 1 heterocycles. The summed E-state index contributed by atoms with van der Waals surface area (Å²) >= 11 is 0. The number of nitrogens with two attached hydrogens (primary N) is 1. The lowest BCUT2D eigenvalue weighted by Crippen LogP contribution is -2.28. The van der Waals surface area contributed by atoms with Gasteiger partial charge in [0.15, 0.2) is 11.5 Å². The fraction of sp³-hybridized carbons (Fsp3) is 0.429. The molecule has 11 heavy (non-hydrogen) atoms. The fourth-order valence-electron chi connectivity index (χ4n) is 0.918. The average molecular weight is 156 g/mol. The van der Waals surface area contributed by atoms with Gasteiger partial charge in [0.1, 0.15) is 0 Å². The van der Waals surface area contributed by atoms with Crippen molar-refractivity contribution in [2.45, 2.75) is 0 Å². The molecule has 0 fully saturated rings. The molecule has 0 aliphatic carbocycles. The molecule has 0 amide bonds. The molecule has 1 rings (SSSR count). The molecule has 0 aromatic heterocycles. The minimum Gasteiger partial charge on any atom is -0.507 e. The molecule has 0 saturated heterocycles. The molecule has 0 aromatic rings. The maximum atomic E-state index is 9.07. The van der Waals surface area contributed by atoms with E-state index in [-0.39, 0.29) is 11.5 Å². The first kappa shape index (κ1) is 7.94. The third-order valence-electron chi connectivity index (χ3n) is 1.51. The molecule has 0 radical (unpaired) electrons. The number of hydrogen-bond acceptors (Lipinski definition) is 4. The van der Waals surface area contributed by atoms with E-state index in [1.165, 1.54) is 6.08 Å². The van der Waals surface area contributed by atoms with Gasteiger partial charge in [-0.3, -0.25) is 0 Å². The maximum Gasteiger partial charge on any atom is 0.156 e. The Hall–Kier alpha value is -1.16. The van der Waals surface area contributed by atoms with E-state index in [2.05, 4.69) is 0 Å². The van der Waals surface area contributed by atoms with Gasteiger partial charge in [0.2, 0.25) is 0 Å². The summed E-state index contributed by atoms with van der Waals surface area (Å²) in [7, 11) is 0. The molecular weight excluding hydrogens is 144 g/mol. The highest BCUT2D eigenvalue weighted by molar-refractivity contribution is 5.19. The van der Waals surface area contributed by atoms with E-state index in [0.29, 0.717) is 19.6 Å². The third kappa shape index (κ3) is 1.88. The zero-order chi connectivity index (χ0) is 8.27. The normalized spacial score (nSPS) is 17.7.